The number of rotatable bonds is 3. The van der Waals surface area contributed by atoms with Crippen molar-refractivity contribution < 1.29 is 9.84 Å². The lowest BCUT2D eigenvalue weighted by atomic mass is 9.77. The fourth-order valence-corrected chi connectivity index (χ4v) is 4.03. The van der Waals surface area contributed by atoms with E-state index in [1.807, 2.05) is 12.1 Å². The number of hydrogen-bond donors (Lipinski definition) is 1. The maximum absolute atomic E-state index is 10.2. The Morgan fingerprint density at radius 2 is 2.13 bits per heavy atom. The maximum atomic E-state index is 10.2. The van der Waals surface area contributed by atoms with Gasteiger partial charge in [-0.3, -0.25) is 4.90 Å². The van der Waals surface area contributed by atoms with E-state index >= 15 is 0 Å². The van der Waals surface area contributed by atoms with Crippen molar-refractivity contribution in [3.05, 3.63) is 47.0 Å². The molecule has 1 aliphatic carbocycles. The number of hydrogen-bond acceptors (Lipinski definition) is 3. The summed E-state index contributed by atoms with van der Waals surface area (Å²) in [6, 6.07) is 10.6. The van der Waals surface area contributed by atoms with Crippen LogP contribution in [0.15, 0.2) is 30.3 Å². The van der Waals surface area contributed by atoms with Gasteiger partial charge in [-0.15, -0.1) is 0 Å². The van der Waals surface area contributed by atoms with Crippen molar-refractivity contribution in [1.82, 2.24) is 4.90 Å². The Balaban J connectivity index is 1.94. The zero-order valence-electron chi connectivity index (χ0n) is 13.8. The summed E-state index contributed by atoms with van der Waals surface area (Å²) in [5.41, 5.74) is 6.33. The molecular weight excluding hydrogens is 286 g/mol. The van der Waals surface area contributed by atoms with Gasteiger partial charge >= 0.3 is 0 Å². The lowest BCUT2D eigenvalue weighted by molar-refractivity contribution is 0.227. The second-order valence-electron chi connectivity index (χ2n) is 6.66. The summed E-state index contributed by atoms with van der Waals surface area (Å²) in [5, 5.41) is 10.2. The van der Waals surface area contributed by atoms with Gasteiger partial charge in [0.1, 0.15) is 11.5 Å². The predicted octanol–water partition coefficient (Wildman–Crippen LogP) is 3.93. The summed E-state index contributed by atoms with van der Waals surface area (Å²) >= 11 is 0. The second-order valence-corrected chi connectivity index (χ2v) is 6.66. The Morgan fingerprint density at radius 3 is 2.96 bits per heavy atom. The van der Waals surface area contributed by atoms with E-state index in [0.717, 1.165) is 43.7 Å². The molecule has 1 N–H and O–H groups in total. The minimum absolute atomic E-state index is 0.361. The zero-order valence-corrected chi connectivity index (χ0v) is 13.8. The zero-order chi connectivity index (χ0) is 16.0. The standard InChI is InChI=1S/C20H23NO2/c1-3-9-23-18-6-4-5-13-11-17-19-14(7-8-21(17)2)10-15(22)12-16(19)20(13)18/h4-6,10,12,17,22H,3,7-9,11H2,1-2H3/t17-/m1/s1. The van der Waals surface area contributed by atoms with Crippen molar-refractivity contribution in [3.8, 4) is 22.6 Å². The van der Waals surface area contributed by atoms with Gasteiger partial charge < -0.3 is 9.84 Å². The molecule has 1 heterocycles. The Morgan fingerprint density at radius 1 is 1.26 bits per heavy atom. The van der Waals surface area contributed by atoms with Crippen molar-refractivity contribution in [2.45, 2.75) is 32.2 Å². The number of phenolic OH excluding ortho intramolecular Hbond substituents is 1. The Labute approximate surface area is 137 Å². The predicted molar refractivity (Wildman–Crippen MR) is 92.1 cm³/mol. The summed E-state index contributed by atoms with van der Waals surface area (Å²) in [4.78, 5) is 2.44. The van der Waals surface area contributed by atoms with Crippen molar-refractivity contribution in [2.75, 3.05) is 20.2 Å². The smallest absolute Gasteiger partial charge is 0.127 e. The number of ether oxygens (including phenoxy) is 1. The molecule has 120 valence electrons. The molecule has 1 atom stereocenters. The highest BCUT2D eigenvalue weighted by Crippen LogP contribution is 2.49. The molecular formula is C20H23NO2. The molecule has 3 heteroatoms. The summed E-state index contributed by atoms with van der Waals surface area (Å²) in [5.74, 6) is 1.31. The fraction of sp³-hybridized carbons (Fsp3) is 0.400. The van der Waals surface area contributed by atoms with Crippen LogP contribution in [0.4, 0.5) is 0 Å². The van der Waals surface area contributed by atoms with Gasteiger partial charge in [-0.1, -0.05) is 19.1 Å². The number of aromatic hydroxyl groups is 1. The molecule has 2 aromatic rings. The normalized spacial score (nSPS) is 19.1. The minimum atomic E-state index is 0.361. The van der Waals surface area contributed by atoms with Crippen LogP contribution in [0.25, 0.3) is 11.1 Å². The van der Waals surface area contributed by atoms with Crippen LogP contribution in [0.3, 0.4) is 0 Å². The molecule has 0 bridgehead atoms. The van der Waals surface area contributed by atoms with Crippen LogP contribution in [0.2, 0.25) is 0 Å². The number of nitrogens with zero attached hydrogens (tertiary/aromatic N) is 1. The minimum Gasteiger partial charge on any atom is -0.508 e. The van der Waals surface area contributed by atoms with Gasteiger partial charge in [0.15, 0.2) is 0 Å². The first-order chi connectivity index (χ1) is 11.2. The molecule has 0 aromatic heterocycles. The Bertz CT molecular complexity index is 754. The molecule has 2 aromatic carbocycles. The van der Waals surface area contributed by atoms with Crippen LogP contribution in [0, 0.1) is 0 Å². The van der Waals surface area contributed by atoms with Gasteiger partial charge in [0.2, 0.25) is 0 Å². The van der Waals surface area contributed by atoms with Crippen LogP contribution in [-0.2, 0) is 12.8 Å². The largest absolute Gasteiger partial charge is 0.508 e. The van der Waals surface area contributed by atoms with E-state index in [2.05, 4.69) is 37.1 Å². The first kappa shape index (κ1) is 14.6. The average molecular weight is 309 g/mol. The summed E-state index contributed by atoms with van der Waals surface area (Å²) in [7, 11) is 2.20. The van der Waals surface area contributed by atoms with E-state index in [1.54, 1.807) is 0 Å². The van der Waals surface area contributed by atoms with Gasteiger partial charge in [0.25, 0.3) is 0 Å². The van der Waals surface area contributed by atoms with Crippen LogP contribution in [-0.4, -0.2) is 30.2 Å². The lowest BCUT2D eigenvalue weighted by Crippen LogP contribution is -2.35. The third-order valence-corrected chi connectivity index (χ3v) is 5.11. The van der Waals surface area contributed by atoms with Crippen LogP contribution < -0.4 is 4.74 Å². The van der Waals surface area contributed by atoms with Crippen molar-refractivity contribution in [1.29, 1.82) is 0 Å². The molecule has 0 saturated heterocycles. The Hall–Kier alpha value is -2.00. The van der Waals surface area contributed by atoms with E-state index < -0.39 is 0 Å². The topological polar surface area (TPSA) is 32.7 Å². The maximum Gasteiger partial charge on any atom is 0.127 e. The summed E-state index contributed by atoms with van der Waals surface area (Å²) in [6.07, 6.45) is 3.00. The number of likely N-dealkylation sites (N-methyl/N-ethyl adjacent to an activating group) is 1. The van der Waals surface area contributed by atoms with E-state index in [1.165, 1.54) is 22.3 Å². The SMILES string of the molecule is CCCOc1cccc2c1-c1cc(O)cc3c1[C@@H](C2)N(C)CC3. The van der Waals surface area contributed by atoms with E-state index in [0.29, 0.717) is 11.8 Å². The molecule has 0 fully saturated rings. The first-order valence-electron chi connectivity index (χ1n) is 8.50. The molecule has 0 radical (unpaired) electrons. The molecule has 23 heavy (non-hydrogen) atoms. The molecule has 1 aliphatic heterocycles. The van der Waals surface area contributed by atoms with Gasteiger partial charge in [0, 0.05) is 18.2 Å². The quantitative estimate of drug-likeness (QED) is 0.932. The summed E-state index contributed by atoms with van der Waals surface area (Å²) in [6.45, 7) is 3.89. The van der Waals surface area contributed by atoms with Crippen LogP contribution in [0.5, 0.6) is 11.5 Å². The van der Waals surface area contributed by atoms with Crippen molar-refractivity contribution in [3.63, 3.8) is 0 Å². The van der Waals surface area contributed by atoms with Gasteiger partial charge in [-0.2, -0.15) is 0 Å². The molecule has 0 spiro atoms. The lowest BCUT2D eigenvalue weighted by Gasteiger charge is -2.40. The average Bonchev–Trinajstić information content (AvgIpc) is 2.55. The van der Waals surface area contributed by atoms with E-state index in [4.69, 9.17) is 4.74 Å². The van der Waals surface area contributed by atoms with Crippen LogP contribution >= 0.6 is 0 Å². The molecule has 4 rings (SSSR count). The first-order valence-corrected chi connectivity index (χ1v) is 8.50. The van der Waals surface area contributed by atoms with Gasteiger partial charge in [-0.05, 0) is 66.8 Å². The molecule has 3 nitrogen and oxygen atoms in total. The Kier molecular flexibility index (Phi) is 3.53. The highest BCUT2D eigenvalue weighted by molar-refractivity contribution is 5.81. The molecule has 0 unspecified atom stereocenters. The molecule has 2 aliphatic rings. The van der Waals surface area contributed by atoms with Crippen molar-refractivity contribution in [2.24, 2.45) is 0 Å². The monoisotopic (exact) mass is 309 g/mol. The molecule has 0 saturated carbocycles. The van der Waals surface area contributed by atoms with Gasteiger partial charge in [-0.25, -0.2) is 0 Å². The second kappa shape index (κ2) is 5.57. The summed E-state index contributed by atoms with van der Waals surface area (Å²) < 4.78 is 6.01. The fourth-order valence-electron chi connectivity index (χ4n) is 4.03. The number of phenols is 1. The highest BCUT2D eigenvalue weighted by Gasteiger charge is 2.34. The number of fused-ring (bicyclic) bond motifs is 2. The van der Waals surface area contributed by atoms with E-state index in [-0.39, 0.29) is 0 Å². The van der Waals surface area contributed by atoms with Gasteiger partial charge in [0.05, 0.1) is 6.61 Å². The third-order valence-electron chi connectivity index (χ3n) is 5.11. The van der Waals surface area contributed by atoms with Crippen molar-refractivity contribution >= 4 is 0 Å². The number of benzene rings is 2. The molecule has 0 amide bonds. The highest BCUT2D eigenvalue weighted by atomic mass is 16.5. The van der Waals surface area contributed by atoms with E-state index in [9.17, 15) is 5.11 Å². The van der Waals surface area contributed by atoms with Crippen LogP contribution in [0.1, 0.15) is 36.1 Å². The third kappa shape index (κ3) is 2.31.